The predicted octanol–water partition coefficient (Wildman–Crippen LogP) is 4.65. The molecule has 1 aromatic heterocycles. The lowest BCUT2D eigenvalue weighted by molar-refractivity contribution is 0.657. The summed E-state index contributed by atoms with van der Waals surface area (Å²) in [6.45, 7) is 9.79. The number of benzene rings is 2. The number of rotatable bonds is 5. The average Bonchev–Trinajstić information content (AvgIpc) is 2.91. The van der Waals surface area contributed by atoms with E-state index < -0.39 is 0 Å². The van der Waals surface area contributed by atoms with E-state index in [-0.39, 0.29) is 0 Å². The molecule has 3 aromatic rings. The lowest BCUT2D eigenvalue weighted by Gasteiger charge is -2.14. The Kier molecular flexibility index (Phi) is 5.91. The minimum Gasteiger partial charge on any atom is -0.358 e. The Bertz CT molecular complexity index is 944. The first-order valence-corrected chi connectivity index (χ1v) is 9.54. The van der Waals surface area contributed by atoms with Crippen molar-refractivity contribution in [2.75, 3.05) is 5.32 Å². The summed E-state index contributed by atoms with van der Waals surface area (Å²) >= 11 is 5.49. The molecule has 140 valence electrons. The van der Waals surface area contributed by atoms with Crippen molar-refractivity contribution in [1.82, 2.24) is 15.1 Å². The van der Waals surface area contributed by atoms with E-state index in [4.69, 9.17) is 17.3 Å². The average molecular weight is 379 g/mol. The molecule has 0 fully saturated rings. The first-order chi connectivity index (χ1) is 13.0. The van der Waals surface area contributed by atoms with Crippen LogP contribution in [0.5, 0.6) is 0 Å². The molecule has 0 atom stereocenters. The third kappa shape index (κ3) is 4.55. The fourth-order valence-corrected chi connectivity index (χ4v) is 3.30. The molecule has 0 spiro atoms. The van der Waals surface area contributed by atoms with Crippen LogP contribution in [0.2, 0.25) is 0 Å². The molecule has 4 nitrogen and oxygen atoms in total. The van der Waals surface area contributed by atoms with Crippen LogP contribution in [0.25, 0.3) is 0 Å². The third-order valence-corrected chi connectivity index (χ3v) is 5.23. The number of aromatic nitrogens is 2. The number of thiocarbonyl (C=S) groups is 1. The van der Waals surface area contributed by atoms with Crippen molar-refractivity contribution in [3.8, 4) is 0 Å². The molecule has 2 N–H and O–H groups in total. The Labute approximate surface area is 166 Å². The molecule has 27 heavy (non-hydrogen) atoms. The third-order valence-electron chi connectivity index (χ3n) is 4.99. The summed E-state index contributed by atoms with van der Waals surface area (Å²) < 4.78 is 2.06. The van der Waals surface area contributed by atoms with Gasteiger partial charge in [0.1, 0.15) is 0 Å². The lowest BCUT2D eigenvalue weighted by Crippen LogP contribution is -2.28. The summed E-state index contributed by atoms with van der Waals surface area (Å²) in [5.41, 5.74) is 8.14. The lowest BCUT2D eigenvalue weighted by atomic mass is 10.1. The normalized spacial score (nSPS) is 10.7. The van der Waals surface area contributed by atoms with Gasteiger partial charge in [0.2, 0.25) is 0 Å². The number of aryl methyl sites for hydroxylation is 2. The molecule has 0 bridgehead atoms. The smallest absolute Gasteiger partial charge is 0.171 e. The van der Waals surface area contributed by atoms with E-state index in [1.807, 2.05) is 25.1 Å². The van der Waals surface area contributed by atoms with Gasteiger partial charge >= 0.3 is 0 Å². The first-order valence-electron chi connectivity index (χ1n) is 9.13. The highest BCUT2D eigenvalue weighted by Crippen LogP contribution is 2.18. The molecule has 0 amide bonds. The SMILES string of the molecule is Cc1cccc(NC(=S)NCc2c(C)nn(Cc3ccccc3)c2C)c1C. The molecule has 0 unspecified atom stereocenters. The van der Waals surface area contributed by atoms with Crippen molar-refractivity contribution in [2.45, 2.75) is 40.8 Å². The Hall–Kier alpha value is -2.66. The Balaban J connectivity index is 1.65. The zero-order valence-electron chi connectivity index (χ0n) is 16.3. The summed E-state index contributed by atoms with van der Waals surface area (Å²) in [5.74, 6) is 0. The number of nitrogens with one attached hydrogen (secondary N) is 2. The predicted molar refractivity (Wildman–Crippen MR) is 116 cm³/mol. The maximum absolute atomic E-state index is 5.49. The minimum absolute atomic E-state index is 0.623. The molecule has 0 saturated heterocycles. The second-order valence-electron chi connectivity index (χ2n) is 6.85. The fourth-order valence-electron chi connectivity index (χ4n) is 3.12. The van der Waals surface area contributed by atoms with Gasteiger partial charge in [0.15, 0.2) is 5.11 Å². The Morgan fingerprint density at radius 1 is 1.00 bits per heavy atom. The standard InChI is InChI=1S/C22H26N4S/c1-15-9-8-12-21(16(15)2)24-22(27)23-13-20-17(3)25-26(18(20)4)14-19-10-6-5-7-11-19/h5-12H,13-14H2,1-4H3,(H2,23,24,27). The van der Waals surface area contributed by atoms with Gasteiger partial charge in [0, 0.05) is 23.5 Å². The quantitative estimate of drug-likeness (QED) is 0.634. The number of hydrogen-bond donors (Lipinski definition) is 2. The van der Waals surface area contributed by atoms with Crippen molar-refractivity contribution in [3.63, 3.8) is 0 Å². The van der Waals surface area contributed by atoms with Crippen LogP contribution in [0.4, 0.5) is 5.69 Å². The first kappa shape index (κ1) is 19.1. The monoisotopic (exact) mass is 378 g/mol. The van der Waals surface area contributed by atoms with Gasteiger partial charge in [-0.3, -0.25) is 4.68 Å². The van der Waals surface area contributed by atoms with Gasteiger partial charge in [-0.15, -0.1) is 0 Å². The Morgan fingerprint density at radius 2 is 1.74 bits per heavy atom. The van der Waals surface area contributed by atoms with Crippen LogP contribution >= 0.6 is 12.2 Å². The molecule has 0 aliphatic carbocycles. The van der Waals surface area contributed by atoms with Gasteiger partial charge in [-0.2, -0.15) is 5.10 Å². The van der Waals surface area contributed by atoms with Crippen molar-refractivity contribution in [1.29, 1.82) is 0 Å². The summed E-state index contributed by atoms with van der Waals surface area (Å²) in [6, 6.07) is 16.6. The fraction of sp³-hybridized carbons (Fsp3) is 0.273. The largest absolute Gasteiger partial charge is 0.358 e. The summed E-state index contributed by atoms with van der Waals surface area (Å²) in [5, 5.41) is 11.9. The van der Waals surface area contributed by atoms with Crippen LogP contribution in [0, 0.1) is 27.7 Å². The highest BCUT2D eigenvalue weighted by atomic mass is 32.1. The van der Waals surface area contributed by atoms with Crippen molar-refractivity contribution in [3.05, 3.63) is 82.2 Å². The number of nitrogens with zero attached hydrogens (tertiary/aromatic N) is 2. The van der Waals surface area contributed by atoms with E-state index in [0.717, 1.165) is 17.9 Å². The van der Waals surface area contributed by atoms with Gasteiger partial charge in [-0.1, -0.05) is 42.5 Å². The topological polar surface area (TPSA) is 41.9 Å². The zero-order valence-corrected chi connectivity index (χ0v) is 17.2. The highest BCUT2D eigenvalue weighted by molar-refractivity contribution is 7.80. The molecule has 0 saturated carbocycles. The van der Waals surface area contributed by atoms with Crippen LogP contribution in [0.3, 0.4) is 0 Å². The second kappa shape index (κ2) is 8.35. The van der Waals surface area contributed by atoms with Gasteiger partial charge in [0.25, 0.3) is 0 Å². The van der Waals surface area contributed by atoms with Crippen LogP contribution in [0.15, 0.2) is 48.5 Å². The molecular weight excluding hydrogens is 352 g/mol. The molecule has 0 radical (unpaired) electrons. The molecule has 3 rings (SSSR count). The minimum atomic E-state index is 0.623. The summed E-state index contributed by atoms with van der Waals surface area (Å²) in [7, 11) is 0. The van der Waals surface area contributed by atoms with E-state index in [9.17, 15) is 0 Å². The van der Waals surface area contributed by atoms with E-state index in [1.54, 1.807) is 0 Å². The van der Waals surface area contributed by atoms with Gasteiger partial charge in [-0.05, 0) is 62.7 Å². The van der Waals surface area contributed by atoms with Crippen LogP contribution < -0.4 is 10.6 Å². The maximum atomic E-state index is 5.49. The van der Waals surface area contributed by atoms with Gasteiger partial charge in [0.05, 0.1) is 12.2 Å². The molecule has 2 aromatic carbocycles. The van der Waals surface area contributed by atoms with Crippen molar-refractivity contribution < 1.29 is 0 Å². The van der Waals surface area contributed by atoms with Gasteiger partial charge in [-0.25, -0.2) is 0 Å². The van der Waals surface area contributed by atoms with Gasteiger partial charge < -0.3 is 10.6 Å². The Morgan fingerprint density at radius 3 is 2.48 bits per heavy atom. The summed E-state index contributed by atoms with van der Waals surface area (Å²) in [4.78, 5) is 0. The van der Waals surface area contributed by atoms with E-state index in [0.29, 0.717) is 11.7 Å². The van der Waals surface area contributed by atoms with Crippen LogP contribution in [-0.4, -0.2) is 14.9 Å². The highest BCUT2D eigenvalue weighted by Gasteiger charge is 2.12. The van der Waals surface area contributed by atoms with E-state index in [2.05, 4.69) is 66.4 Å². The second-order valence-corrected chi connectivity index (χ2v) is 7.26. The molecule has 0 aliphatic rings. The summed E-state index contributed by atoms with van der Waals surface area (Å²) in [6.07, 6.45) is 0. The number of anilines is 1. The molecule has 1 heterocycles. The van der Waals surface area contributed by atoms with Crippen LogP contribution in [-0.2, 0) is 13.1 Å². The van der Waals surface area contributed by atoms with Crippen molar-refractivity contribution in [2.24, 2.45) is 0 Å². The number of hydrogen-bond acceptors (Lipinski definition) is 2. The van der Waals surface area contributed by atoms with Crippen molar-refractivity contribution >= 4 is 23.0 Å². The zero-order chi connectivity index (χ0) is 19.4. The van der Waals surface area contributed by atoms with E-state index in [1.165, 1.54) is 27.9 Å². The molecular formula is C22H26N4S. The van der Waals surface area contributed by atoms with E-state index >= 15 is 0 Å². The van der Waals surface area contributed by atoms with Crippen LogP contribution in [0.1, 0.15) is 33.6 Å². The maximum Gasteiger partial charge on any atom is 0.171 e. The molecule has 5 heteroatoms. The molecule has 0 aliphatic heterocycles.